The van der Waals surface area contributed by atoms with Crippen LogP contribution in [0.1, 0.15) is 12.0 Å². The molecule has 1 aromatic rings. The first-order valence-corrected chi connectivity index (χ1v) is 5.59. The summed E-state index contributed by atoms with van der Waals surface area (Å²) < 4.78 is 1.19. The number of hydrogen-bond donors (Lipinski definition) is 2. The van der Waals surface area contributed by atoms with Crippen molar-refractivity contribution in [2.45, 2.75) is 18.9 Å². The van der Waals surface area contributed by atoms with Gasteiger partial charge in [0.15, 0.2) is 0 Å². The van der Waals surface area contributed by atoms with Crippen molar-refractivity contribution in [3.63, 3.8) is 0 Å². The van der Waals surface area contributed by atoms with Crippen molar-refractivity contribution < 1.29 is 4.79 Å². The monoisotopic (exact) mass is 302 g/mol. The number of nitrogens with one attached hydrogen (secondary N) is 1. The number of benzene rings is 1. The van der Waals surface area contributed by atoms with Crippen LogP contribution in [0.25, 0.3) is 0 Å². The fourth-order valence-corrected chi connectivity index (χ4v) is 2.11. The van der Waals surface area contributed by atoms with E-state index in [0.717, 1.165) is 18.5 Å². The fourth-order valence-electron chi connectivity index (χ4n) is 1.56. The first kappa shape index (κ1) is 9.92. The number of nitrogens with two attached hydrogens (primary N) is 1. The summed E-state index contributed by atoms with van der Waals surface area (Å²) in [5.41, 5.74) is 7.77. The molecule has 3 nitrogen and oxygen atoms in total. The van der Waals surface area contributed by atoms with Gasteiger partial charge in [0.25, 0.3) is 0 Å². The molecule has 1 aliphatic rings. The molecule has 1 amide bonds. The molecule has 1 atom stereocenters. The summed E-state index contributed by atoms with van der Waals surface area (Å²) in [5.74, 6) is -0.0787. The van der Waals surface area contributed by atoms with Crippen molar-refractivity contribution in [2.24, 2.45) is 5.73 Å². The standard InChI is InChI=1S/C10H11IN2O/c11-7-2-4-9-6(5-7)1-3-8(12)10(14)13-9/h2,4-5,8H,1,3,12H2,(H,13,14). The van der Waals surface area contributed by atoms with Gasteiger partial charge < -0.3 is 11.1 Å². The second-order valence-corrected chi connectivity index (χ2v) is 4.68. The number of amides is 1. The van der Waals surface area contributed by atoms with Crippen molar-refractivity contribution in [3.05, 3.63) is 27.3 Å². The van der Waals surface area contributed by atoms with Gasteiger partial charge in [-0.3, -0.25) is 4.79 Å². The molecular weight excluding hydrogens is 291 g/mol. The van der Waals surface area contributed by atoms with Crippen LogP contribution in [0.4, 0.5) is 5.69 Å². The van der Waals surface area contributed by atoms with E-state index in [2.05, 4.69) is 34.0 Å². The van der Waals surface area contributed by atoms with E-state index in [-0.39, 0.29) is 11.9 Å². The van der Waals surface area contributed by atoms with Crippen molar-refractivity contribution in [2.75, 3.05) is 5.32 Å². The van der Waals surface area contributed by atoms with Gasteiger partial charge in [-0.25, -0.2) is 0 Å². The summed E-state index contributed by atoms with van der Waals surface area (Å²) in [6, 6.07) is 5.64. The largest absolute Gasteiger partial charge is 0.324 e. The summed E-state index contributed by atoms with van der Waals surface area (Å²) in [6.07, 6.45) is 1.59. The third kappa shape index (κ3) is 1.90. The van der Waals surface area contributed by atoms with Crippen LogP contribution >= 0.6 is 22.6 Å². The minimum absolute atomic E-state index is 0.0787. The quantitative estimate of drug-likeness (QED) is 0.714. The van der Waals surface area contributed by atoms with E-state index in [1.807, 2.05) is 12.1 Å². The second kappa shape index (κ2) is 3.86. The van der Waals surface area contributed by atoms with Gasteiger partial charge in [0.1, 0.15) is 0 Å². The highest BCUT2D eigenvalue weighted by Crippen LogP contribution is 2.23. The van der Waals surface area contributed by atoms with Crippen LogP contribution in [0.2, 0.25) is 0 Å². The van der Waals surface area contributed by atoms with Crippen LogP contribution in [0.15, 0.2) is 18.2 Å². The third-order valence-corrected chi connectivity index (χ3v) is 3.06. The average Bonchev–Trinajstić information content (AvgIpc) is 2.29. The Morgan fingerprint density at radius 2 is 2.29 bits per heavy atom. The number of aryl methyl sites for hydroxylation is 1. The average molecular weight is 302 g/mol. The zero-order valence-corrected chi connectivity index (χ0v) is 9.74. The first-order valence-electron chi connectivity index (χ1n) is 4.51. The minimum Gasteiger partial charge on any atom is -0.324 e. The van der Waals surface area contributed by atoms with E-state index in [4.69, 9.17) is 5.73 Å². The maximum atomic E-state index is 11.4. The molecule has 1 heterocycles. The molecule has 0 saturated heterocycles. The number of rotatable bonds is 0. The smallest absolute Gasteiger partial charge is 0.241 e. The van der Waals surface area contributed by atoms with Crippen molar-refractivity contribution in [1.29, 1.82) is 0 Å². The van der Waals surface area contributed by atoms with Crippen LogP contribution in [0, 0.1) is 3.57 Å². The van der Waals surface area contributed by atoms with Crippen LogP contribution in [0.3, 0.4) is 0 Å². The van der Waals surface area contributed by atoms with Gasteiger partial charge in [-0.2, -0.15) is 0 Å². The Balaban J connectivity index is 2.37. The normalized spacial score (nSPS) is 21.0. The summed E-state index contributed by atoms with van der Waals surface area (Å²) in [7, 11) is 0. The molecule has 0 bridgehead atoms. The predicted molar refractivity (Wildman–Crippen MR) is 64.1 cm³/mol. The second-order valence-electron chi connectivity index (χ2n) is 3.44. The van der Waals surface area contributed by atoms with Crippen LogP contribution < -0.4 is 11.1 Å². The van der Waals surface area contributed by atoms with Gasteiger partial charge in [0, 0.05) is 9.26 Å². The molecular formula is C10H11IN2O. The number of anilines is 1. The lowest BCUT2D eigenvalue weighted by Crippen LogP contribution is -2.34. The molecule has 1 unspecified atom stereocenters. The molecule has 4 heteroatoms. The Hall–Kier alpha value is -0.620. The number of fused-ring (bicyclic) bond motifs is 1. The third-order valence-electron chi connectivity index (χ3n) is 2.39. The number of carbonyl (C=O) groups is 1. The summed E-state index contributed by atoms with van der Waals surface area (Å²) in [5, 5.41) is 2.83. The molecule has 1 aromatic carbocycles. The van der Waals surface area contributed by atoms with Gasteiger partial charge >= 0.3 is 0 Å². The van der Waals surface area contributed by atoms with Crippen molar-refractivity contribution in [1.82, 2.24) is 0 Å². The van der Waals surface area contributed by atoms with Gasteiger partial charge in [-0.1, -0.05) is 0 Å². The molecule has 0 radical (unpaired) electrons. The number of hydrogen-bond acceptors (Lipinski definition) is 2. The van der Waals surface area contributed by atoms with Gasteiger partial charge in [0.2, 0.25) is 5.91 Å². The highest BCUT2D eigenvalue weighted by Gasteiger charge is 2.19. The molecule has 0 fully saturated rings. The zero-order valence-electron chi connectivity index (χ0n) is 7.59. The molecule has 0 saturated carbocycles. The molecule has 2 rings (SSSR count). The lowest BCUT2D eigenvalue weighted by atomic mass is 10.1. The van der Waals surface area contributed by atoms with Crippen LogP contribution in [-0.2, 0) is 11.2 Å². The fraction of sp³-hybridized carbons (Fsp3) is 0.300. The van der Waals surface area contributed by atoms with Gasteiger partial charge in [-0.05, 0) is 59.2 Å². The molecule has 74 valence electrons. The van der Waals surface area contributed by atoms with E-state index < -0.39 is 0 Å². The summed E-state index contributed by atoms with van der Waals surface area (Å²) >= 11 is 2.27. The van der Waals surface area contributed by atoms with E-state index in [9.17, 15) is 4.79 Å². The molecule has 14 heavy (non-hydrogen) atoms. The highest BCUT2D eigenvalue weighted by atomic mass is 127. The Morgan fingerprint density at radius 1 is 1.50 bits per heavy atom. The van der Waals surface area contributed by atoms with E-state index in [0.29, 0.717) is 0 Å². The first-order chi connectivity index (χ1) is 6.66. The van der Waals surface area contributed by atoms with Crippen LogP contribution in [-0.4, -0.2) is 11.9 Å². The van der Waals surface area contributed by atoms with E-state index in [1.165, 1.54) is 9.13 Å². The Morgan fingerprint density at radius 3 is 3.07 bits per heavy atom. The SMILES string of the molecule is NC1CCc2cc(I)ccc2NC1=O. The molecule has 0 aliphatic carbocycles. The Bertz CT molecular complexity index is 378. The predicted octanol–water partition coefficient (Wildman–Crippen LogP) is 1.50. The van der Waals surface area contributed by atoms with E-state index in [1.54, 1.807) is 0 Å². The molecule has 1 aliphatic heterocycles. The van der Waals surface area contributed by atoms with Gasteiger partial charge in [0.05, 0.1) is 6.04 Å². The van der Waals surface area contributed by atoms with Crippen molar-refractivity contribution >= 4 is 34.2 Å². The lowest BCUT2D eigenvalue weighted by molar-refractivity contribution is -0.117. The Labute approximate surface area is 96.2 Å². The molecule has 3 N–H and O–H groups in total. The van der Waals surface area contributed by atoms with Crippen molar-refractivity contribution in [3.8, 4) is 0 Å². The molecule has 0 aromatic heterocycles. The van der Waals surface area contributed by atoms with Gasteiger partial charge in [-0.15, -0.1) is 0 Å². The highest BCUT2D eigenvalue weighted by molar-refractivity contribution is 14.1. The molecule has 0 spiro atoms. The minimum atomic E-state index is -0.375. The van der Waals surface area contributed by atoms with E-state index >= 15 is 0 Å². The van der Waals surface area contributed by atoms with Crippen LogP contribution in [0.5, 0.6) is 0 Å². The number of carbonyl (C=O) groups excluding carboxylic acids is 1. The summed E-state index contributed by atoms with van der Waals surface area (Å²) in [6.45, 7) is 0. The summed E-state index contributed by atoms with van der Waals surface area (Å²) in [4.78, 5) is 11.4. The topological polar surface area (TPSA) is 55.1 Å². The maximum Gasteiger partial charge on any atom is 0.241 e. The maximum absolute atomic E-state index is 11.4. The lowest BCUT2D eigenvalue weighted by Gasteiger charge is -2.07. The zero-order chi connectivity index (χ0) is 10.1. The number of halogens is 1. The Kier molecular flexibility index (Phi) is 2.73.